The molecule has 1 aliphatic heterocycles. The fraction of sp³-hybridized carbons (Fsp3) is 0.350. The number of nitrogens with one attached hydrogen (secondary N) is 1. The highest BCUT2D eigenvalue weighted by molar-refractivity contribution is 5.93. The molecule has 28 heavy (non-hydrogen) atoms. The van der Waals surface area contributed by atoms with E-state index in [0.717, 1.165) is 42.9 Å². The Labute approximate surface area is 163 Å². The molecule has 3 aromatic rings. The van der Waals surface area contributed by atoms with Crippen molar-refractivity contribution < 1.29 is 4.79 Å². The van der Waals surface area contributed by atoms with Crippen LogP contribution in [0.2, 0.25) is 0 Å². The van der Waals surface area contributed by atoms with Gasteiger partial charge >= 0.3 is 0 Å². The van der Waals surface area contributed by atoms with E-state index >= 15 is 0 Å². The molecule has 1 aromatic carbocycles. The number of nitrogens with zero attached hydrogens (tertiary/aromatic N) is 6. The Bertz CT molecular complexity index is 924. The van der Waals surface area contributed by atoms with Crippen LogP contribution in [0.4, 0.5) is 11.5 Å². The fourth-order valence-corrected chi connectivity index (χ4v) is 3.52. The summed E-state index contributed by atoms with van der Waals surface area (Å²) in [6, 6.07) is 11.7. The second-order valence-corrected chi connectivity index (χ2v) is 6.87. The molecule has 0 spiro atoms. The first-order chi connectivity index (χ1) is 13.7. The molecular formula is C20H23N7O. The summed E-state index contributed by atoms with van der Waals surface area (Å²) in [5.41, 5.74) is 2.06. The van der Waals surface area contributed by atoms with Crippen molar-refractivity contribution in [3.8, 4) is 5.82 Å². The molecule has 1 fully saturated rings. The Morgan fingerprint density at radius 2 is 2.00 bits per heavy atom. The third-order valence-corrected chi connectivity index (χ3v) is 5.06. The van der Waals surface area contributed by atoms with Crippen LogP contribution in [-0.4, -0.2) is 44.0 Å². The van der Waals surface area contributed by atoms with Gasteiger partial charge in [-0.1, -0.05) is 25.1 Å². The SMILES string of the molecule is CCc1ccccc1NC(=O)C1CCCN(c2ccc(-n3cncn3)nn2)C1. The third-order valence-electron chi connectivity index (χ3n) is 5.06. The number of benzene rings is 1. The zero-order valence-electron chi connectivity index (χ0n) is 15.8. The lowest BCUT2D eigenvalue weighted by Crippen LogP contribution is -2.41. The van der Waals surface area contributed by atoms with Crippen molar-refractivity contribution in [2.75, 3.05) is 23.3 Å². The van der Waals surface area contributed by atoms with Crippen LogP contribution in [0, 0.1) is 5.92 Å². The average Bonchev–Trinajstić information content (AvgIpc) is 3.29. The van der Waals surface area contributed by atoms with Gasteiger partial charge in [-0.3, -0.25) is 4.79 Å². The smallest absolute Gasteiger partial charge is 0.229 e. The molecule has 0 aliphatic carbocycles. The van der Waals surface area contributed by atoms with Crippen molar-refractivity contribution in [1.29, 1.82) is 0 Å². The van der Waals surface area contributed by atoms with Gasteiger partial charge in [-0.2, -0.15) is 5.10 Å². The summed E-state index contributed by atoms with van der Waals surface area (Å²) in [4.78, 5) is 18.9. The monoisotopic (exact) mass is 377 g/mol. The van der Waals surface area contributed by atoms with Crippen molar-refractivity contribution in [2.45, 2.75) is 26.2 Å². The van der Waals surface area contributed by atoms with E-state index in [1.807, 2.05) is 30.3 Å². The van der Waals surface area contributed by atoms with E-state index in [2.05, 4.69) is 43.5 Å². The van der Waals surface area contributed by atoms with Gasteiger partial charge in [0, 0.05) is 18.8 Å². The number of para-hydroxylation sites is 1. The average molecular weight is 377 g/mol. The predicted octanol–water partition coefficient (Wildman–Crippen LogP) is 2.47. The predicted molar refractivity (Wildman–Crippen MR) is 106 cm³/mol. The van der Waals surface area contributed by atoms with Crippen molar-refractivity contribution in [2.24, 2.45) is 5.92 Å². The zero-order chi connectivity index (χ0) is 19.3. The third kappa shape index (κ3) is 3.85. The van der Waals surface area contributed by atoms with Gasteiger partial charge in [0.15, 0.2) is 11.6 Å². The second-order valence-electron chi connectivity index (χ2n) is 6.87. The number of hydrogen-bond acceptors (Lipinski definition) is 6. The summed E-state index contributed by atoms with van der Waals surface area (Å²) >= 11 is 0. The van der Waals surface area contributed by atoms with Crippen molar-refractivity contribution >= 4 is 17.4 Å². The maximum Gasteiger partial charge on any atom is 0.229 e. The van der Waals surface area contributed by atoms with E-state index in [1.165, 1.54) is 6.33 Å². The Balaban J connectivity index is 1.43. The molecule has 8 heteroatoms. The van der Waals surface area contributed by atoms with Crippen LogP contribution in [0.1, 0.15) is 25.3 Å². The van der Waals surface area contributed by atoms with Gasteiger partial charge in [0.2, 0.25) is 5.91 Å². The number of carbonyl (C=O) groups excluding carboxylic acids is 1. The number of hydrogen-bond donors (Lipinski definition) is 1. The lowest BCUT2D eigenvalue weighted by atomic mass is 9.96. The van der Waals surface area contributed by atoms with E-state index in [-0.39, 0.29) is 11.8 Å². The first kappa shape index (κ1) is 18.1. The molecule has 1 amide bonds. The molecule has 3 heterocycles. The minimum atomic E-state index is -0.0737. The quantitative estimate of drug-likeness (QED) is 0.735. The van der Waals surface area contributed by atoms with Gasteiger partial charge in [-0.15, -0.1) is 10.2 Å². The summed E-state index contributed by atoms with van der Waals surface area (Å²) in [7, 11) is 0. The number of aromatic nitrogens is 5. The van der Waals surface area contributed by atoms with Crippen LogP contribution in [0.15, 0.2) is 49.1 Å². The van der Waals surface area contributed by atoms with Crippen molar-refractivity contribution in [3.05, 3.63) is 54.6 Å². The summed E-state index contributed by atoms with van der Waals surface area (Å²) < 4.78 is 1.56. The molecule has 2 aromatic heterocycles. The minimum Gasteiger partial charge on any atom is -0.354 e. The molecule has 8 nitrogen and oxygen atoms in total. The van der Waals surface area contributed by atoms with Crippen LogP contribution < -0.4 is 10.2 Å². The number of anilines is 2. The van der Waals surface area contributed by atoms with Gasteiger partial charge in [-0.05, 0) is 43.0 Å². The largest absolute Gasteiger partial charge is 0.354 e. The number of aryl methyl sites for hydroxylation is 1. The number of piperidine rings is 1. The molecule has 1 saturated heterocycles. The summed E-state index contributed by atoms with van der Waals surface area (Å²) in [5, 5.41) is 15.7. The molecule has 1 N–H and O–H groups in total. The Morgan fingerprint density at radius 3 is 2.75 bits per heavy atom. The Morgan fingerprint density at radius 1 is 1.18 bits per heavy atom. The van der Waals surface area contributed by atoms with Crippen molar-refractivity contribution in [1.82, 2.24) is 25.0 Å². The first-order valence-electron chi connectivity index (χ1n) is 9.57. The lowest BCUT2D eigenvalue weighted by molar-refractivity contribution is -0.120. The highest BCUT2D eigenvalue weighted by Gasteiger charge is 2.27. The van der Waals surface area contributed by atoms with Crippen LogP contribution in [0.3, 0.4) is 0 Å². The topological polar surface area (TPSA) is 88.8 Å². The number of rotatable bonds is 5. The van der Waals surface area contributed by atoms with Gasteiger partial charge < -0.3 is 10.2 Å². The van der Waals surface area contributed by atoms with Gasteiger partial charge in [0.25, 0.3) is 0 Å². The maximum atomic E-state index is 12.8. The van der Waals surface area contributed by atoms with Crippen LogP contribution >= 0.6 is 0 Å². The van der Waals surface area contributed by atoms with Gasteiger partial charge in [-0.25, -0.2) is 9.67 Å². The molecule has 1 unspecified atom stereocenters. The van der Waals surface area contributed by atoms with E-state index in [1.54, 1.807) is 11.0 Å². The molecular weight excluding hydrogens is 354 g/mol. The summed E-state index contributed by atoms with van der Waals surface area (Å²) in [6.07, 6.45) is 5.75. The van der Waals surface area contributed by atoms with Crippen LogP contribution in [0.5, 0.6) is 0 Å². The summed E-state index contributed by atoms with van der Waals surface area (Å²) in [5.74, 6) is 1.38. The maximum absolute atomic E-state index is 12.8. The van der Waals surface area contributed by atoms with E-state index in [9.17, 15) is 4.79 Å². The standard InChI is InChI=1S/C20H23N7O/c1-2-15-6-3-4-8-17(15)23-20(28)16-7-5-11-26(12-16)18-9-10-19(25-24-18)27-14-21-13-22-27/h3-4,6,8-10,13-14,16H,2,5,7,11-12H2,1H3,(H,23,28). The minimum absolute atomic E-state index is 0.0674. The van der Waals surface area contributed by atoms with Gasteiger partial charge in [0.1, 0.15) is 12.7 Å². The number of carbonyl (C=O) groups is 1. The molecule has 144 valence electrons. The molecule has 1 aliphatic rings. The van der Waals surface area contributed by atoms with Crippen molar-refractivity contribution in [3.63, 3.8) is 0 Å². The summed E-state index contributed by atoms with van der Waals surface area (Å²) in [6.45, 7) is 3.60. The Kier molecular flexibility index (Phi) is 5.27. The highest BCUT2D eigenvalue weighted by Crippen LogP contribution is 2.24. The van der Waals surface area contributed by atoms with Crippen LogP contribution in [-0.2, 0) is 11.2 Å². The molecule has 0 bridgehead atoms. The van der Waals surface area contributed by atoms with E-state index < -0.39 is 0 Å². The second kappa shape index (κ2) is 8.16. The highest BCUT2D eigenvalue weighted by atomic mass is 16.1. The molecule has 4 rings (SSSR count). The normalized spacial score (nSPS) is 16.8. The van der Waals surface area contributed by atoms with E-state index in [0.29, 0.717) is 12.4 Å². The fourth-order valence-electron chi connectivity index (χ4n) is 3.52. The van der Waals surface area contributed by atoms with E-state index in [4.69, 9.17) is 0 Å². The van der Waals surface area contributed by atoms with Gasteiger partial charge in [0.05, 0.1) is 5.92 Å². The lowest BCUT2D eigenvalue weighted by Gasteiger charge is -2.32. The van der Waals surface area contributed by atoms with Crippen LogP contribution in [0.25, 0.3) is 5.82 Å². The molecule has 0 radical (unpaired) electrons. The first-order valence-corrected chi connectivity index (χ1v) is 9.57. The Hall–Kier alpha value is -3.29. The molecule has 0 saturated carbocycles. The zero-order valence-corrected chi connectivity index (χ0v) is 15.8. The number of amides is 1. The molecule has 1 atom stereocenters.